The number of hydrogen-bond acceptors (Lipinski definition) is 7. The Kier molecular flexibility index (Phi) is 5.50. The lowest BCUT2D eigenvalue weighted by atomic mass is 9.47. The molecule has 0 saturated heterocycles. The lowest BCUT2D eigenvalue weighted by molar-refractivity contribution is -0.394. The minimum atomic E-state index is -0.697. The Bertz CT molecular complexity index is 1100. The van der Waals surface area contributed by atoms with Crippen LogP contribution in [0.15, 0.2) is 35.0 Å². The summed E-state index contributed by atoms with van der Waals surface area (Å²) < 4.78 is 0. The molecule has 1 aromatic carbocycles. The number of nitro benzene ring substituents is 2. The van der Waals surface area contributed by atoms with Gasteiger partial charge in [0, 0.05) is 6.07 Å². The molecule has 0 heterocycles. The third-order valence-corrected chi connectivity index (χ3v) is 9.54. The first-order valence-corrected chi connectivity index (χ1v) is 12.2. The largest absolute Gasteiger partial charge is 0.393 e. The smallest absolute Gasteiger partial charge is 0.321 e. The summed E-state index contributed by atoms with van der Waals surface area (Å²) in [7, 11) is 0. The monoisotopic (exact) mass is 469 g/mol. The summed E-state index contributed by atoms with van der Waals surface area (Å²) in [4.78, 5) is 26.4. The minimum absolute atomic E-state index is 0.0628. The SMILES string of the molecule is C[C@]12CC[C@H]3[C@@H](CCC4=CC(=NOc5ccc([N+](=O)[O-])cc5[N+](=O)[O-])CC[C@@]43C)[C@@H]1CC[C@@H]2O. The maximum absolute atomic E-state index is 11.4. The van der Waals surface area contributed by atoms with E-state index in [-0.39, 0.29) is 28.4 Å². The van der Waals surface area contributed by atoms with Crippen molar-refractivity contribution in [2.45, 2.75) is 71.3 Å². The number of aliphatic hydroxyl groups excluding tert-OH is 1. The molecular weight excluding hydrogens is 438 g/mol. The molecule has 1 N–H and O–H groups in total. The van der Waals surface area contributed by atoms with E-state index in [0.717, 1.165) is 56.7 Å². The maximum Gasteiger partial charge on any atom is 0.321 e. The molecule has 0 amide bonds. The van der Waals surface area contributed by atoms with Crippen molar-refractivity contribution < 1.29 is 19.8 Å². The molecule has 1 aromatic rings. The summed E-state index contributed by atoms with van der Waals surface area (Å²) in [5, 5.41) is 37.1. The van der Waals surface area contributed by atoms with Crippen molar-refractivity contribution in [3.63, 3.8) is 0 Å². The van der Waals surface area contributed by atoms with Gasteiger partial charge in [-0.1, -0.05) is 24.6 Å². The molecule has 0 aliphatic heterocycles. The van der Waals surface area contributed by atoms with Crippen LogP contribution < -0.4 is 4.84 Å². The maximum atomic E-state index is 11.4. The van der Waals surface area contributed by atoms with Crippen LogP contribution in [0.4, 0.5) is 11.4 Å². The molecule has 4 aliphatic rings. The molecule has 9 nitrogen and oxygen atoms in total. The Hall–Kier alpha value is -2.81. The molecular formula is C25H31N3O6. The van der Waals surface area contributed by atoms with Gasteiger partial charge in [-0.25, -0.2) is 0 Å². The number of oxime groups is 1. The molecule has 9 heteroatoms. The van der Waals surface area contributed by atoms with E-state index in [2.05, 4.69) is 25.1 Å². The highest BCUT2D eigenvalue weighted by molar-refractivity contribution is 5.96. The number of nitro groups is 2. The topological polar surface area (TPSA) is 128 Å². The van der Waals surface area contributed by atoms with Crippen molar-refractivity contribution in [2.75, 3.05) is 0 Å². The van der Waals surface area contributed by atoms with E-state index in [0.29, 0.717) is 24.2 Å². The lowest BCUT2D eigenvalue weighted by Crippen LogP contribution is -2.51. The standard InChI is InChI=1S/C25H31N3O6/c1-24-11-9-16(26-34-22-7-4-17(27(30)31)14-21(22)28(32)33)13-15(24)3-5-18-19-6-8-23(29)25(19,2)12-10-20(18)24/h4,7,13-14,18-20,23,29H,3,5-6,8-12H2,1-2H3/t18-,19-,20-,23-,24-,25-/m0/s1. The van der Waals surface area contributed by atoms with Crippen LogP contribution >= 0.6 is 0 Å². The number of non-ortho nitro benzene ring substituents is 1. The molecule has 3 fully saturated rings. The van der Waals surface area contributed by atoms with Gasteiger partial charge in [0.05, 0.1) is 27.7 Å². The molecule has 0 bridgehead atoms. The quantitative estimate of drug-likeness (QED) is 0.454. The number of benzene rings is 1. The summed E-state index contributed by atoms with van der Waals surface area (Å²) in [5.74, 6) is 1.75. The summed E-state index contributed by atoms with van der Waals surface area (Å²) in [6, 6.07) is 3.29. The summed E-state index contributed by atoms with van der Waals surface area (Å²) in [5.41, 5.74) is 1.45. The molecule has 0 unspecified atom stereocenters. The van der Waals surface area contributed by atoms with Crippen molar-refractivity contribution in [1.29, 1.82) is 0 Å². The fourth-order valence-electron chi connectivity index (χ4n) is 7.56. The fraction of sp³-hybridized carbons (Fsp3) is 0.640. The van der Waals surface area contributed by atoms with Gasteiger partial charge in [0.15, 0.2) is 0 Å². The number of allylic oxidation sites excluding steroid dienone is 2. The van der Waals surface area contributed by atoms with Crippen molar-refractivity contribution in [1.82, 2.24) is 0 Å². The van der Waals surface area contributed by atoms with Crippen LogP contribution in [-0.4, -0.2) is 26.8 Å². The van der Waals surface area contributed by atoms with Gasteiger partial charge in [-0.15, -0.1) is 0 Å². The second-order valence-electron chi connectivity index (χ2n) is 11.0. The van der Waals surface area contributed by atoms with Gasteiger partial charge in [0.1, 0.15) is 0 Å². The zero-order valence-corrected chi connectivity index (χ0v) is 19.6. The molecule has 4 aliphatic carbocycles. The average Bonchev–Trinajstić information content (AvgIpc) is 3.11. The van der Waals surface area contributed by atoms with Gasteiger partial charge in [0.2, 0.25) is 5.75 Å². The van der Waals surface area contributed by atoms with E-state index < -0.39 is 15.5 Å². The van der Waals surface area contributed by atoms with Gasteiger partial charge in [0.25, 0.3) is 5.69 Å². The first-order chi connectivity index (χ1) is 16.1. The first kappa shape index (κ1) is 23.0. The normalized spacial score (nSPS) is 37.9. The Morgan fingerprint density at radius 3 is 2.56 bits per heavy atom. The summed E-state index contributed by atoms with van der Waals surface area (Å²) >= 11 is 0. The highest BCUT2D eigenvalue weighted by Gasteiger charge is 2.58. The van der Waals surface area contributed by atoms with Gasteiger partial charge >= 0.3 is 5.69 Å². The number of hydrogen-bond donors (Lipinski definition) is 1. The van der Waals surface area contributed by atoms with Crippen LogP contribution in [-0.2, 0) is 0 Å². The molecule has 182 valence electrons. The van der Waals surface area contributed by atoms with E-state index in [4.69, 9.17) is 4.84 Å². The number of rotatable bonds is 4. The number of nitrogens with zero attached hydrogens (tertiary/aromatic N) is 3. The van der Waals surface area contributed by atoms with Crippen LogP contribution in [0.2, 0.25) is 0 Å². The highest BCUT2D eigenvalue weighted by Crippen LogP contribution is 2.65. The van der Waals surface area contributed by atoms with Crippen LogP contribution in [0.25, 0.3) is 0 Å². The van der Waals surface area contributed by atoms with Crippen LogP contribution in [0.5, 0.6) is 5.75 Å². The Labute approximate surface area is 198 Å². The highest BCUT2D eigenvalue weighted by atomic mass is 16.7. The van der Waals surface area contributed by atoms with E-state index in [1.54, 1.807) is 0 Å². The Morgan fingerprint density at radius 1 is 1.03 bits per heavy atom. The number of fused-ring (bicyclic) bond motifs is 5. The van der Waals surface area contributed by atoms with E-state index >= 15 is 0 Å². The van der Waals surface area contributed by atoms with Crippen LogP contribution in [0.3, 0.4) is 0 Å². The molecule has 0 radical (unpaired) electrons. The predicted octanol–water partition coefficient (Wildman–Crippen LogP) is 5.56. The predicted molar refractivity (Wildman–Crippen MR) is 126 cm³/mol. The third kappa shape index (κ3) is 3.52. The van der Waals surface area contributed by atoms with Crippen molar-refractivity contribution in [3.8, 4) is 5.75 Å². The van der Waals surface area contributed by atoms with Crippen molar-refractivity contribution >= 4 is 17.1 Å². The molecule has 0 aromatic heterocycles. The Morgan fingerprint density at radius 2 is 1.82 bits per heavy atom. The van der Waals surface area contributed by atoms with Gasteiger partial charge in [-0.2, -0.15) is 0 Å². The molecule has 3 saturated carbocycles. The van der Waals surface area contributed by atoms with Crippen molar-refractivity contribution in [2.24, 2.45) is 33.7 Å². The van der Waals surface area contributed by atoms with Gasteiger partial charge < -0.3 is 9.94 Å². The zero-order valence-electron chi connectivity index (χ0n) is 19.6. The molecule has 6 atom stereocenters. The van der Waals surface area contributed by atoms with Crippen LogP contribution in [0.1, 0.15) is 65.2 Å². The average molecular weight is 470 g/mol. The molecule has 0 spiro atoms. The molecule has 34 heavy (non-hydrogen) atoms. The Balaban J connectivity index is 1.36. The zero-order chi connectivity index (χ0) is 24.3. The van der Waals surface area contributed by atoms with E-state index in [1.165, 1.54) is 17.7 Å². The summed E-state index contributed by atoms with van der Waals surface area (Å²) in [6.07, 6.45) is 10.00. The second kappa shape index (κ2) is 8.15. The van der Waals surface area contributed by atoms with Gasteiger partial charge in [-0.3, -0.25) is 20.2 Å². The minimum Gasteiger partial charge on any atom is -0.393 e. The fourth-order valence-corrected chi connectivity index (χ4v) is 7.56. The molecule has 5 rings (SSSR count). The van der Waals surface area contributed by atoms with E-state index in [1.807, 2.05) is 0 Å². The summed E-state index contributed by atoms with van der Waals surface area (Å²) in [6.45, 7) is 4.67. The van der Waals surface area contributed by atoms with Crippen molar-refractivity contribution in [3.05, 3.63) is 50.1 Å². The lowest BCUT2D eigenvalue weighted by Gasteiger charge is -2.57. The van der Waals surface area contributed by atoms with Crippen LogP contribution in [0, 0.1) is 48.8 Å². The second-order valence-corrected chi connectivity index (χ2v) is 11.0. The van der Waals surface area contributed by atoms with Gasteiger partial charge in [-0.05, 0) is 92.1 Å². The van der Waals surface area contributed by atoms with E-state index in [9.17, 15) is 25.3 Å². The third-order valence-electron chi connectivity index (χ3n) is 9.54. The first-order valence-electron chi connectivity index (χ1n) is 12.2. The number of aliphatic hydroxyl groups is 1.